The fourth-order valence-electron chi connectivity index (χ4n) is 4.67. The lowest BCUT2D eigenvalue weighted by Gasteiger charge is -2.15. The van der Waals surface area contributed by atoms with Crippen molar-refractivity contribution in [3.8, 4) is 11.1 Å². The number of hydrogen-bond acceptors (Lipinski definition) is 1. The predicted octanol–water partition coefficient (Wildman–Crippen LogP) is 9.48. The summed E-state index contributed by atoms with van der Waals surface area (Å²) in [7, 11) is 0. The number of benzene rings is 6. The van der Waals surface area contributed by atoms with Crippen LogP contribution in [-0.4, -0.2) is 0 Å². The molecule has 0 amide bonds. The number of halogens is 1. The summed E-state index contributed by atoms with van der Waals surface area (Å²) in [6.45, 7) is 0. The van der Waals surface area contributed by atoms with E-state index in [9.17, 15) is 0 Å². The van der Waals surface area contributed by atoms with E-state index in [0.717, 1.165) is 37.1 Å². The van der Waals surface area contributed by atoms with E-state index < -0.39 is 12.1 Å². The summed E-state index contributed by atoms with van der Waals surface area (Å²) < 4.78 is 58.4. The van der Waals surface area contributed by atoms with Gasteiger partial charge >= 0.3 is 0 Å². The second-order valence-corrected chi connectivity index (χ2v) is 8.56. The molecule has 0 fully saturated rings. The number of hydrogen-bond donors (Lipinski definition) is 0. The Labute approximate surface area is 201 Å². The highest BCUT2D eigenvalue weighted by Gasteiger charge is 2.18. The van der Waals surface area contributed by atoms with Gasteiger partial charge in [0.1, 0.15) is 11.2 Å². The molecule has 6 aromatic carbocycles. The Hall–Kier alpha value is -3.62. The van der Waals surface area contributed by atoms with Crippen LogP contribution in [0.3, 0.4) is 0 Å². The van der Waals surface area contributed by atoms with Crippen LogP contribution in [-0.2, 0) is 0 Å². The van der Waals surface area contributed by atoms with Gasteiger partial charge in [0.15, 0.2) is 0 Å². The van der Waals surface area contributed by atoms with Crippen LogP contribution in [0.2, 0.25) is 0 Å². The average Bonchev–Trinajstić information content (AvgIpc) is 3.34. The van der Waals surface area contributed by atoms with Crippen LogP contribution in [0.15, 0.2) is 112 Å². The molecule has 7 rings (SSSR count). The highest BCUT2D eigenvalue weighted by atomic mass is 79.9. The van der Waals surface area contributed by atoms with Gasteiger partial charge in [0.2, 0.25) is 0 Å². The molecule has 32 heavy (non-hydrogen) atoms. The van der Waals surface area contributed by atoms with Gasteiger partial charge in [0.05, 0.1) is 8.22 Å². The van der Waals surface area contributed by atoms with E-state index in [1.165, 1.54) is 0 Å². The summed E-state index contributed by atoms with van der Waals surface area (Å²) in [5.41, 5.74) is 2.42. The van der Waals surface area contributed by atoms with Crippen molar-refractivity contribution < 1.29 is 12.6 Å². The minimum atomic E-state index is -0.431. The lowest BCUT2D eigenvalue weighted by Crippen LogP contribution is -1.88. The van der Waals surface area contributed by atoms with Gasteiger partial charge in [0.25, 0.3) is 0 Å². The first kappa shape index (κ1) is 13.0. The highest BCUT2D eigenvalue weighted by Crippen LogP contribution is 2.45. The van der Waals surface area contributed by atoms with Crippen LogP contribution < -0.4 is 0 Å². The summed E-state index contributed by atoms with van der Waals surface area (Å²) >= 11 is 3.80. The first-order valence-corrected chi connectivity index (χ1v) is 11.0. The van der Waals surface area contributed by atoms with E-state index in [4.69, 9.17) is 12.6 Å². The molecule has 0 N–H and O–H groups in total. The minimum Gasteiger partial charge on any atom is -0.456 e. The molecule has 0 spiro atoms. The molecule has 0 bridgehead atoms. The predicted molar refractivity (Wildman–Crippen MR) is 139 cm³/mol. The van der Waals surface area contributed by atoms with E-state index >= 15 is 0 Å². The Balaban J connectivity index is 1.75. The zero-order valence-electron chi connectivity index (χ0n) is 22.6. The second-order valence-electron chi connectivity index (χ2n) is 7.77. The molecule has 1 aromatic heterocycles. The molecule has 0 aliphatic carbocycles. The SMILES string of the molecule is [2H]c1c([2H])c([2H])c2c([2H])c3c(oc4cccc(-c5c6ccccc6c(Br)c6ccccc56)c43)c([2H])c2c1[2H]. The van der Waals surface area contributed by atoms with Crippen molar-refractivity contribution in [3.63, 3.8) is 0 Å². The Morgan fingerprint density at radius 1 is 0.625 bits per heavy atom. The van der Waals surface area contributed by atoms with Crippen LogP contribution in [0, 0.1) is 0 Å². The molecule has 1 nitrogen and oxygen atoms in total. The maximum absolute atomic E-state index is 9.15. The molecule has 0 saturated heterocycles. The minimum absolute atomic E-state index is 0.00588. The van der Waals surface area contributed by atoms with Gasteiger partial charge < -0.3 is 4.42 Å². The number of furan rings is 1. The summed E-state index contributed by atoms with van der Waals surface area (Å²) in [6, 6.07) is 20.1. The molecule has 7 aromatic rings. The maximum Gasteiger partial charge on any atom is 0.136 e. The smallest absolute Gasteiger partial charge is 0.136 e. The Morgan fingerprint density at radius 3 is 1.94 bits per heavy atom. The molecule has 0 saturated carbocycles. The van der Waals surface area contributed by atoms with Gasteiger partial charge in [0, 0.05) is 15.2 Å². The Kier molecular flexibility index (Phi) is 2.73. The summed E-state index contributed by atoms with van der Waals surface area (Å²) in [6.07, 6.45) is 0. The standard InChI is InChI=1S/C30H17BrO/c31-30-22-12-5-3-10-20(22)28(21-11-4-6-13-23(21)30)24-14-7-15-26-29(24)25-16-18-8-1-2-9-19(18)17-27(25)32-26/h1-17H/i1D,2D,8D,9D,16D,17D. The number of rotatable bonds is 1. The van der Waals surface area contributed by atoms with Crippen molar-refractivity contribution >= 4 is 70.2 Å². The molecule has 0 radical (unpaired) electrons. The van der Waals surface area contributed by atoms with Crippen LogP contribution in [0.4, 0.5) is 0 Å². The lowest BCUT2D eigenvalue weighted by atomic mass is 9.89. The third-order valence-corrected chi connectivity index (χ3v) is 6.88. The van der Waals surface area contributed by atoms with Gasteiger partial charge in [-0.15, -0.1) is 0 Å². The molecule has 0 aliphatic rings. The fraction of sp³-hybridized carbons (Fsp3) is 0. The van der Waals surface area contributed by atoms with Crippen LogP contribution in [0.25, 0.3) is 65.4 Å². The highest BCUT2D eigenvalue weighted by molar-refractivity contribution is 9.10. The monoisotopic (exact) mass is 478 g/mol. The van der Waals surface area contributed by atoms with Crippen molar-refractivity contribution in [2.24, 2.45) is 0 Å². The third kappa shape index (κ3) is 2.44. The zero-order chi connectivity index (χ0) is 26.5. The van der Waals surface area contributed by atoms with Gasteiger partial charge in [-0.05, 0) is 77.5 Å². The number of fused-ring (bicyclic) bond motifs is 6. The quantitative estimate of drug-likeness (QED) is 0.214. The van der Waals surface area contributed by atoms with Crippen molar-refractivity contribution in [3.05, 3.63) is 107 Å². The van der Waals surface area contributed by atoms with Gasteiger partial charge in [-0.25, -0.2) is 0 Å². The zero-order valence-corrected chi connectivity index (χ0v) is 18.2. The fourth-order valence-corrected chi connectivity index (χ4v) is 5.36. The first-order chi connectivity index (χ1) is 18.3. The largest absolute Gasteiger partial charge is 0.456 e. The van der Waals surface area contributed by atoms with E-state index in [2.05, 4.69) is 40.2 Å². The molecule has 2 heteroatoms. The maximum atomic E-state index is 9.15. The van der Waals surface area contributed by atoms with E-state index in [0.29, 0.717) is 16.4 Å². The molecule has 0 atom stereocenters. The van der Waals surface area contributed by atoms with Crippen LogP contribution in [0.1, 0.15) is 8.22 Å². The summed E-state index contributed by atoms with van der Waals surface area (Å²) in [4.78, 5) is 0. The first-order valence-electron chi connectivity index (χ1n) is 13.2. The normalized spacial score (nSPS) is 14.5. The van der Waals surface area contributed by atoms with Gasteiger partial charge in [-0.2, -0.15) is 0 Å². The molecule has 1 heterocycles. The molecular weight excluding hydrogens is 456 g/mol. The molecule has 0 aliphatic heterocycles. The van der Waals surface area contributed by atoms with Crippen LogP contribution >= 0.6 is 15.9 Å². The average molecular weight is 479 g/mol. The molecular formula is C30H17BrO. The van der Waals surface area contributed by atoms with Crippen molar-refractivity contribution in [1.82, 2.24) is 0 Å². The van der Waals surface area contributed by atoms with E-state index in [1.54, 1.807) is 6.07 Å². The summed E-state index contributed by atoms with van der Waals surface area (Å²) in [5.74, 6) is 0. The Bertz CT molecular complexity index is 2110. The topological polar surface area (TPSA) is 13.1 Å². The summed E-state index contributed by atoms with van der Waals surface area (Å²) in [5, 5.41) is 5.14. The lowest BCUT2D eigenvalue weighted by molar-refractivity contribution is 0.669. The molecule has 0 unspecified atom stereocenters. The third-order valence-electron chi connectivity index (χ3n) is 6.03. The van der Waals surface area contributed by atoms with Crippen molar-refractivity contribution in [2.45, 2.75) is 0 Å². The van der Waals surface area contributed by atoms with Crippen molar-refractivity contribution in [1.29, 1.82) is 0 Å². The van der Waals surface area contributed by atoms with Crippen molar-refractivity contribution in [2.75, 3.05) is 0 Å². The van der Waals surface area contributed by atoms with E-state index in [-0.39, 0.29) is 40.5 Å². The second kappa shape index (κ2) is 6.69. The molecule has 150 valence electrons. The van der Waals surface area contributed by atoms with Gasteiger partial charge in [-0.3, -0.25) is 0 Å². The Morgan fingerprint density at radius 2 is 1.25 bits per heavy atom. The van der Waals surface area contributed by atoms with Crippen LogP contribution in [0.5, 0.6) is 0 Å². The van der Waals surface area contributed by atoms with E-state index in [1.807, 2.05) is 36.4 Å². The van der Waals surface area contributed by atoms with Gasteiger partial charge in [-0.1, -0.05) is 84.8 Å².